The van der Waals surface area contributed by atoms with Gasteiger partial charge in [0.2, 0.25) is 0 Å². The summed E-state index contributed by atoms with van der Waals surface area (Å²) in [5, 5.41) is 8.67. The summed E-state index contributed by atoms with van der Waals surface area (Å²) in [6, 6.07) is 8.94. The minimum absolute atomic E-state index is 0.400. The van der Waals surface area contributed by atoms with Gasteiger partial charge in [-0.3, -0.25) is 0 Å². The molecule has 0 amide bonds. The Bertz CT molecular complexity index is 508. The first kappa shape index (κ1) is 10.1. The van der Waals surface area contributed by atoms with Gasteiger partial charge in [-0.25, -0.2) is 4.98 Å². The van der Waals surface area contributed by atoms with Crippen LogP contribution in [-0.2, 0) is 4.79 Å². The zero-order valence-corrected chi connectivity index (χ0v) is 8.42. The molecule has 0 radical (unpaired) electrons. The maximum absolute atomic E-state index is 11.0. The summed E-state index contributed by atoms with van der Waals surface area (Å²) in [6.07, 6.45) is 4.12. The Morgan fingerprint density at radius 1 is 1.38 bits per heavy atom. The van der Waals surface area contributed by atoms with Crippen molar-refractivity contribution in [2.75, 3.05) is 0 Å². The smallest absolute Gasteiger partial charge is 0.135 e. The van der Waals surface area contributed by atoms with Crippen molar-refractivity contribution in [3.63, 3.8) is 0 Å². The number of nitrogens with zero attached hydrogens (tertiary/aromatic N) is 2. The second-order valence-electron chi connectivity index (χ2n) is 3.32. The van der Waals surface area contributed by atoms with Crippen LogP contribution >= 0.6 is 0 Å². The third kappa shape index (κ3) is 1.84. The van der Waals surface area contributed by atoms with Gasteiger partial charge in [0.25, 0.3) is 0 Å². The van der Waals surface area contributed by atoms with Crippen LogP contribution in [0.5, 0.6) is 0 Å². The third-order valence-electron chi connectivity index (χ3n) is 2.35. The Morgan fingerprint density at radius 3 is 2.62 bits per heavy atom. The van der Waals surface area contributed by atoms with E-state index in [0.29, 0.717) is 11.4 Å². The van der Waals surface area contributed by atoms with E-state index in [0.717, 1.165) is 11.8 Å². The molecule has 1 heterocycles. The highest BCUT2D eigenvalue weighted by Crippen LogP contribution is 2.19. The predicted octanol–water partition coefficient (Wildman–Crippen LogP) is 1.61. The highest BCUT2D eigenvalue weighted by molar-refractivity contribution is 5.66. The van der Waals surface area contributed by atoms with Crippen molar-refractivity contribution in [2.45, 2.75) is 5.92 Å². The molecular weight excluding hydrogens is 202 g/mol. The topological polar surface area (TPSA) is 69.5 Å². The number of carbonyl (C=O) groups excluding carboxylic acids is 1. The van der Waals surface area contributed by atoms with E-state index >= 15 is 0 Å². The molecule has 1 N–H and O–H groups in total. The van der Waals surface area contributed by atoms with Crippen LogP contribution in [0.4, 0.5) is 0 Å². The van der Waals surface area contributed by atoms with E-state index in [1.54, 1.807) is 36.7 Å². The lowest BCUT2D eigenvalue weighted by atomic mass is 9.99. The van der Waals surface area contributed by atoms with Crippen LogP contribution in [0.1, 0.15) is 22.9 Å². The van der Waals surface area contributed by atoms with Gasteiger partial charge in [-0.2, -0.15) is 5.26 Å². The average Bonchev–Trinajstić information content (AvgIpc) is 2.85. The van der Waals surface area contributed by atoms with Crippen LogP contribution in [0.15, 0.2) is 36.7 Å². The number of imidazole rings is 1. The van der Waals surface area contributed by atoms with Crippen molar-refractivity contribution in [2.24, 2.45) is 0 Å². The highest BCUT2D eigenvalue weighted by atomic mass is 16.1. The first-order valence-corrected chi connectivity index (χ1v) is 4.80. The number of H-pyrrole nitrogens is 1. The largest absolute Gasteiger partial charge is 0.348 e. The Balaban J connectivity index is 2.35. The van der Waals surface area contributed by atoms with Crippen LogP contribution in [0, 0.1) is 11.3 Å². The number of hydrogen-bond donors (Lipinski definition) is 1. The predicted molar refractivity (Wildman–Crippen MR) is 57.7 cm³/mol. The lowest BCUT2D eigenvalue weighted by Crippen LogP contribution is -2.04. The number of nitriles is 1. The second-order valence-corrected chi connectivity index (χ2v) is 3.32. The second kappa shape index (κ2) is 4.41. The molecule has 0 spiro atoms. The summed E-state index contributed by atoms with van der Waals surface area (Å²) in [7, 11) is 0. The van der Waals surface area contributed by atoms with Gasteiger partial charge in [0.15, 0.2) is 0 Å². The Kier molecular flexibility index (Phi) is 2.79. The van der Waals surface area contributed by atoms with Crippen molar-refractivity contribution < 1.29 is 4.79 Å². The van der Waals surface area contributed by atoms with E-state index in [1.165, 1.54) is 0 Å². The Morgan fingerprint density at radius 2 is 2.12 bits per heavy atom. The SMILES string of the molecule is N#Cc1ccc(C(C=O)c2ncc[nH]2)cc1. The molecule has 4 nitrogen and oxygen atoms in total. The zero-order valence-electron chi connectivity index (χ0n) is 8.42. The van der Waals surface area contributed by atoms with Crippen molar-refractivity contribution in [3.8, 4) is 6.07 Å². The molecule has 1 atom stereocenters. The quantitative estimate of drug-likeness (QED) is 0.784. The molecule has 0 aliphatic carbocycles. The van der Waals surface area contributed by atoms with E-state index in [9.17, 15) is 4.79 Å². The van der Waals surface area contributed by atoms with Crippen LogP contribution in [0.25, 0.3) is 0 Å². The van der Waals surface area contributed by atoms with Gasteiger partial charge in [0, 0.05) is 12.4 Å². The van der Waals surface area contributed by atoms with Gasteiger partial charge < -0.3 is 9.78 Å². The number of aromatic nitrogens is 2. The van der Waals surface area contributed by atoms with E-state index in [4.69, 9.17) is 5.26 Å². The van der Waals surface area contributed by atoms with E-state index in [1.807, 2.05) is 6.07 Å². The molecule has 78 valence electrons. The fourth-order valence-electron chi connectivity index (χ4n) is 1.51. The van der Waals surface area contributed by atoms with Crippen LogP contribution in [0.3, 0.4) is 0 Å². The van der Waals surface area contributed by atoms with Crippen LogP contribution in [-0.4, -0.2) is 16.3 Å². The first-order chi connectivity index (χ1) is 7.85. The number of benzene rings is 1. The molecule has 0 bridgehead atoms. The van der Waals surface area contributed by atoms with E-state index in [-0.39, 0.29) is 0 Å². The van der Waals surface area contributed by atoms with Gasteiger partial charge in [-0.05, 0) is 17.7 Å². The van der Waals surface area contributed by atoms with Gasteiger partial charge >= 0.3 is 0 Å². The number of aromatic amines is 1. The van der Waals surface area contributed by atoms with Gasteiger partial charge in [0.05, 0.1) is 17.6 Å². The number of carbonyl (C=O) groups is 1. The normalized spacial score (nSPS) is 11.7. The van der Waals surface area contributed by atoms with Gasteiger partial charge in [-0.15, -0.1) is 0 Å². The molecule has 16 heavy (non-hydrogen) atoms. The monoisotopic (exact) mass is 211 g/mol. The summed E-state index contributed by atoms with van der Waals surface area (Å²) in [5.74, 6) is 0.211. The van der Waals surface area contributed by atoms with Crippen molar-refractivity contribution >= 4 is 6.29 Å². The highest BCUT2D eigenvalue weighted by Gasteiger charge is 2.14. The summed E-state index contributed by atoms with van der Waals surface area (Å²) < 4.78 is 0. The molecule has 2 aromatic rings. The molecule has 2 rings (SSSR count). The van der Waals surface area contributed by atoms with Crippen LogP contribution in [0.2, 0.25) is 0 Å². The maximum atomic E-state index is 11.0. The summed E-state index contributed by atoms with van der Waals surface area (Å²) >= 11 is 0. The molecule has 1 aromatic heterocycles. The third-order valence-corrected chi connectivity index (χ3v) is 2.35. The number of aldehydes is 1. The fourth-order valence-corrected chi connectivity index (χ4v) is 1.51. The maximum Gasteiger partial charge on any atom is 0.135 e. The average molecular weight is 211 g/mol. The summed E-state index contributed by atoms with van der Waals surface area (Å²) in [4.78, 5) is 18.0. The molecule has 0 aliphatic rings. The molecule has 1 aromatic carbocycles. The number of nitrogens with one attached hydrogen (secondary N) is 1. The lowest BCUT2D eigenvalue weighted by Gasteiger charge is -2.07. The van der Waals surface area contributed by atoms with Gasteiger partial charge in [0.1, 0.15) is 12.1 Å². The van der Waals surface area contributed by atoms with Crippen LogP contribution < -0.4 is 0 Å². The minimum Gasteiger partial charge on any atom is -0.348 e. The molecule has 0 saturated heterocycles. The molecule has 0 fully saturated rings. The molecule has 0 saturated carbocycles. The fraction of sp³-hybridized carbons (Fsp3) is 0.0833. The summed E-state index contributed by atoms with van der Waals surface area (Å²) in [6.45, 7) is 0. The van der Waals surface area contributed by atoms with Gasteiger partial charge in [-0.1, -0.05) is 12.1 Å². The Hall–Kier alpha value is -2.41. The van der Waals surface area contributed by atoms with E-state index < -0.39 is 5.92 Å². The summed E-state index contributed by atoms with van der Waals surface area (Å²) in [5.41, 5.74) is 1.40. The first-order valence-electron chi connectivity index (χ1n) is 4.80. The molecular formula is C12H9N3O. The number of hydrogen-bond acceptors (Lipinski definition) is 3. The Labute approximate surface area is 92.6 Å². The molecule has 0 aliphatic heterocycles. The molecule has 4 heteroatoms. The molecule has 1 unspecified atom stereocenters. The number of rotatable bonds is 3. The zero-order chi connectivity index (χ0) is 11.4. The van der Waals surface area contributed by atoms with Crippen molar-refractivity contribution in [1.82, 2.24) is 9.97 Å². The minimum atomic E-state index is -0.400. The van der Waals surface area contributed by atoms with Crippen molar-refractivity contribution in [1.29, 1.82) is 5.26 Å². The standard InChI is InChI=1S/C12H9N3O/c13-7-9-1-3-10(4-2-9)11(8-16)12-14-5-6-15-12/h1-6,8,11H,(H,14,15). The lowest BCUT2D eigenvalue weighted by molar-refractivity contribution is -0.108. The van der Waals surface area contributed by atoms with Crippen molar-refractivity contribution in [3.05, 3.63) is 53.6 Å². The van der Waals surface area contributed by atoms with E-state index in [2.05, 4.69) is 9.97 Å².